The van der Waals surface area contributed by atoms with Crippen LogP contribution in [0.25, 0.3) is 22.4 Å². The van der Waals surface area contributed by atoms with Crippen molar-refractivity contribution in [2.24, 2.45) is 0 Å². The molecule has 0 unspecified atom stereocenters. The monoisotopic (exact) mass is 614 g/mol. The Labute approximate surface area is 249 Å². The zero-order valence-electron chi connectivity index (χ0n) is 23.1. The Bertz CT molecular complexity index is 1560. The number of alkyl halides is 3. The molecule has 1 N–H and O–H groups in total. The third-order valence-corrected chi connectivity index (χ3v) is 7.24. The lowest BCUT2D eigenvalue weighted by atomic mass is 9.98. The largest absolute Gasteiger partial charge is 0.451 e. The van der Waals surface area contributed by atoms with Gasteiger partial charge in [-0.05, 0) is 42.0 Å². The molecule has 0 aliphatic carbocycles. The Balaban J connectivity index is 1.53. The van der Waals surface area contributed by atoms with Crippen LogP contribution in [0.3, 0.4) is 0 Å². The molecule has 4 aromatic rings. The van der Waals surface area contributed by atoms with Crippen molar-refractivity contribution in [1.29, 1.82) is 0 Å². The summed E-state index contributed by atoms with van der Waals surface area (Å²) in [5.41, 5.74) is 1.86. The van der Waals surface area contributed by atoms with Crippen LogP contribution in [-0.4, -0.2) is 54.1 Å². The Morgan fingerprint density at radius 2 is 1.56 bits per heavy atom. The highest BCUT2D eigenvalue weighted by atomic mass is 32.2. The van der Waals surface area contributed by atoms with Crippen LogP contribution in [0.15, 0.2) is 71.8 Å². The number of anilines is 3. The number of hydrogen-bond acceptors (Lipinski definition) is 9. The van der Waals surface area contributed by atoms with Crippen LogP contribution in [0.4, 0.5) is 34.9 Å². The van der Waals surface area contributed by atoms with E-state index in [9.17, 15) is 22.4 Å². The molecular weight excluding hydrogens is 588 g/mol. The molecule has 1 aliphatic rings. The number of rotatable bonds is 8. The lowest BCUT2D eigenvalue weighted by Crippen LogP contribution is -2.47. The molecule has 1 aliphatic heterocycles. The van der Waals surface area contributed by atoms with Gasteiger partial charge >= 0.3 is 6.18 Å². The first kappa shape index (κ1) is 30.2. The van der Waals surface area contributed by atoms with Crippen LogP contribution < -0.4 is 15.1 Å². The van der Waals surface area contributed by atoms with Crippen molar-refractivity contribution in [3.8, 4) is 22.4 Å². The smallest absolute Gasteiger partial charge is 0.353 e. The molecule has 9 nitrogen and oxygen atoms in total. The van der Waals surface area contributed by atoms with Crippen LogP contribution in [-0.2, 0) is 20.2 Å². The fraction of sp³-hybridized carbons (Fsp3) is 0.241. The molecule has 0 radical (unpaired) electrons. The van der Waals surface area contributed by atoms with Crippen molar-refractivity contribution in [1.82, 2.24) is 15.0 Å². The van der Waals surface area contributed by atoms with Gasteiger partial charge in [0.05, 0.1) is 42.3 Å². The summed E-state index contributed by atoms with van der Waals surface area (Å²) < 4.78 is 61.2. The second kappa shape index (κ2) is 12.9. The second-order valence-corrected chi connectivity index (χ2v) is 10.3. The zero-order valence-corrected chi connectivity index (χ0v) is 23.9. The highest BCUT2D eigenvalue weighted by Crippen LogP contribution is 2.41. The quantitative estimate of drug-likeness (QED) is 0.107. The van der Waals surface area contributed by atoms with E-state index in [0.29, 0.717) is 59.3 Å². The molecule has 3 heterocycles. The molecule has 1 amide bonds. The van der Waals surface area contributed by atoms with E-state index in [-0.39, 0.29) is 17.4 Å². The maximum atomic E-state index is 14.1. The standard InChI is InChI=1S/C29H26F4N6O3S/c1-18(40)35-22-9-12-24(34-17-22)38-13-15-39(16-14-38)27-25(19-3-7-21(30)8-4-19)26(36-28(37-27)29(31,32)33)20-5-10-23(11-6-20)43-42-41-2/h3-12,17H,13-16H2,1-2H3,(H,35,40). The number of pyridine rings is 1. The van der Waals surface area contributed by atoms with Crippen molar-refractivity contribution < 1.29 is 31.6 Å². The van der Waals surface area contributed by atoms with Crippen molar-refractivity contribution in [2.45, 2.75) is 18.0 Å². The highest BCUT2D eigenvalue weighted by Gasteiger charge is 2.38. The molecule has 2 aromatic heterocycles. The number of nitrogens with zero attached hydrogens (tertiary/aromatic N) is 5. The van der Waals surface area contributed by atoms with E-state index in [2.05, 4.69) is 25.2 Å². The summed E-state index contributed by atoms with van der Waals surface area (Å²) in [6, 6.07) is 15.6. The van der Waals surface area contributed by atoms with Gasteiger partial charge in [-0.2, -0.15) is 17.5 Å². The van der Waals surface area contributed by atoms with Crippen molar-refractivity contribution in [3.63, 3.8) is 0 Å². The van der Waals surface area contributed by atoms with Crippen LogP contribution in [0, 0.1) is 5.82 Å². The summed E-state index contributed by atoms with van der Waals surface area (Å²) in [4.78, 5) is 32.8. The van der Waals surface area contributed by atoms with Gasteiger partial charge in [-0.1, -0.05) is 24.3 Å². The normalized spacial score (nSPS) is 13.7. The first-order chi connectivity index (χ1) is 20.6. The molecule has 1 saturated heterocycles. The van der Waals surface area contributed by atoms with Gasteiger partial charge in [-0.3, -0.25) is 4.79 Å². The molecule has 5 rings (SSSR count). The maximum absolute atomic E-state index is 14.1. The number of hydrogen-bond donors (Lipinski definition) is 1. The zero-order chi connectivity index (χ0) is 30.6. The topological polar surface area (TPSA) is 92.7 Å². The number of carbonyl (C=O) groups is 1. The predicted molar refractivity (Wildman–Crippen MR) is 155 cm³/mol. The molecule has 0 spiro atoms. The van der Waals surface area contributed by atoms with E-state index >= 15 is 0 Å². The van der Waals surface area contributed by atoms with Crippen molar-refractivity contribution in [3.05, 3.63) is 78.5 Å². The van der Waals surface area contributed by atoms with E-state index < -0.39 is 17.8 Å². The van der Waals surface area contributed by atoms with Crippen LogP contribution >= 0.6 is 12.0 Å². The van der Waals surface area contributed by atoms with Gasteiger partial charge in [-0.15, -0.1) is 0 Å². The van der Waals surface area contributed by atoms with Crippen LogP contribution in [0.5, 0.6) is 0 Å². The van der Waals surface area contributed by atoms with E-state index in [4.69, 9.17) is 4.33 Å². The van der Waals surface area contributed by atoms with Gasteiger partial charge in [-0.25, -0.2) is 24.2 Å². The summed E-state index contributed by atoms with van der Waals surface area (Å²) in [7, 11) is 1.36. The Hall–Kier alpha value is -4.27. The SMILES string of the molecule is COOSc1ccc(-c2nc(C(F)(F)F)nc(N3CCN(c4ccc(NC(C)=O)cn4)CC3)c2-c2ccc(F)cc2)cc1. The number of aromatic nitrogens is 3. The molecule has 0 bridgehead atoms. The fourth-order valence-corrected chi connectivity index (χ4v) is 5.03. The van der Waals surface area contributed by atoms with Gasteiger partial charge in [0.1, 0.15) is 17.5 Å². The van der Waals surface area contributed by atoms with E-state index in [0.717, 1.165) is 12.0 Å². The maximum Gasteiger partial charge on any atom is 0.451 e. The summed E-state index contributed by atoms with van der Waals surface area (Å²) in [6.45, 7) is 2.97. The highest BCUT2D eigenvalue weighted by molar-refractivity contribution is 7.94. The van der Waals surface area contributed by atoms with E-state index in [1.807, 2.05) is 4.90 Å². The average molecular weight is 615 g/mol. The summed E-state index contributed by atoms with van der Waals surface area (Å²) in [5.74, 6) is -1.20. The van der Waals surface area contributed by atoms with Gasteiger partial charge in [0, 0.05) is 43.6 Å². The fourth-order valence-electron chi connectivity index (χ4n) is 4.64. The van der Waals surface area contributed by atoms with Gasteiger partial charge in [0.15, 0.2) is 0 Å². The van der Waals surface area contributed by atoms with Gasteiger partial charge < -0.3 is 15.1 Å². The first-order valence-electron chi connectivity index (χ1n) is 13.1. The summed E-state index contributed by atoms with van der Waals surface area (Å²) >= 11 is 0.948. The molecule has 1 fully saturated rings. The molecule has 43 heavy (non-hydrogen) atoms. The van der Waals surface area contributed by atoms with Crippen LogP contribution in [0.1, 0.15) is 12.7 Å². The molecule has 0 saturated carbocycles. The number of benzene rings is 2. The van der Waals surface area contributed by atoms with Crippen molar-refractivity contribution >= 4 is 35.3 Å². The number of piperazine rings is 1. The molecule has 2 aromatic carbocycles. The summed E-state index contributed by atoms with van der Waals surface area (Å²) in [6.07, 6.45) is -3.26. The Morgan fingerprint density at radius 3 is 2.14 bits per heavy atom. The number of nitrogens with one attached hydrogen (secondary N) is 1. The molecule has 224 valence electrons. The average Bonchev–Trinajstić information content (AvgIpc) is 3.00. The number of amides is 1. The molecule has 14 heteroatoms. The Morgan fingerprint density at radius 1 is 0.907 bits per heavy atom. The minimum atomic E-state index is -4.81. The minimum Gasteiger partial charge on any atom is -0.353 e. The molecule has 0 atom stereocenters. The van der Waals surface area contributed by atoms with E-state index in [1.54, 1.807) is 47.5 Å². The molecular formula is C29H26F4N6O3S. The third kappa shape index (κ3) is 7.21. The van der Waals surface area contributed by atoms with Crippen molar-refractivity contribution in [2.75, 3.05) is 48.4 Å². The predicted octanol–water partition coefficient (Wildman–Crippen LogP) is 6.23. The first-order valence-corrected chi connectivity index (χ1v) is 13.8. The Kier molecular flexibility index (Phi) is 9.08. The lowest BCUT2D eigenvalue weighted by Gasteiger charge is -2.37. The van der Waals surface area contributed by atoms with Crippen LogP contribution in [0.2, 0.25) is 0 Å². The second-order valence-electron chi connectivity index (χ2n) is 9.50. The lowest BCUT2D eigenvalue weighted by molar-refractivity contribution is -0.160. The minimum absolute atomic E-state index is 0.0609. The third-order valence-electron chi connectivity index (χ3n) is 6.57. The van der Waals surface area contributed by atoms with E-state index in [1.165, 1.54) is 38.3 Å². The van der Waals surface area contributed by atoms with Gasteiger partial charge in [0.25, 0.3) is 0 Å². The number of carbonyl (C=O) groups excluding carboxylic acids is 1. The summed E-state index contributed by atoms with van der Waals surface area (Å²) in [5, 5.41) is 2.67. The number of halogens is 4. The van der Waals surface area contributed by atoms with Gasteiger partial charge in [0.2, 0.25) is 11.7 Å².